The zero-order valence-corrected chi connectivity index (χ0v) is 32.1. The Labute approximate surface area is 338 Å². The molecule has 0 radical (unpaired) electrons. The summed E-state index contributed by atoms with van der Waals surface area (Å²) in [5.74, 6) is 2.19. The number of aromatic nitrogens is 3. The Hall–Kier alpha value is -7.21. The first-order valence-electron chi connectivity index (χ1n) is 19.7. The number of hydrogen-bond acceptors (Lipinski definition) is 5. The van der Waals surface area contributed by atoms with E-state index in [1.807, 2.05) is 12.1 Å². The highest BCUT2D eigenvalue weighted by Gasteiger charge is 2.22. The third-order valence-corrected chi connectivity index (χ3v) is 12.8. The average Bonchev–Trinajstić information content (AvgIpc) is 3.86. The second-order valence-corrected chi connectivity index (χ2v) is 16.2. The van der Waals surface area contributed by atoms with E-state index in [1.54, 1.807) is 11.3 Å². The highest BCUT2D eigenvalue weighted by molar-refractivity contribution is 7.25. The van der Waals surface area contributed by atoms with Gasteiger partial charge < -0.3 is 4.42 Å². The molecule has 58 heavy (non-hydrogen) atoms. The SMILES string of the molecule is C1=CCC(c2ccc(-c3cc(-c4nc(-c5ccc6ccccc6c5)nc(-c5ccc6c(c5)sc5ccccc56)n4)c4c(c3)oc3ccccc34)c3ccccc23)C=C1. The lowest BCUT2D eigenvalue weighted by atomic mass is 9.86. The summed E-state index contributed by atoms with van der Waals surface area (Å²) < 4.78 is 9.14. The number of furan rings is 1. The van der Waals surface area contributed by atoms with Crippen molar-refractivity contribution in [3.8, 4) is 45.3 Å². The maximum atomic E-state index is 6.68. The quantitative estimate of drug-likeness (QED) is 0.175. The average molecular weight is 760 g/mol. The van der Waals surface area contributed by atoms with E-state index in [0.29, 0.717) is 23.4 Å². The molecular formula is C53H33N3OS. The highest BCUT2D eigenvalue weighted by Crippen LogP contribution is 2.43. The van der Waals surface area contributed by atoms with Crippen molar-refractivity contribution in [1.82, 2.24) is 15.0 Å². The summed E-state index contributed by atoms with van der Waals surface area (Å²) in [7, 11) is 0. The summed E-state index contributed by atoms with van der Waals surface area (Å²) in [6.07, 6.45) is 9.85. The van der Waals surface area contributed by atoms with Gasteiger partial charge in [0.15, 0.2) is 17.5 Å². The fraction of sp³-hybridized carbons (Fsp3) is 0.0377. The number of rotatable bonds is 5. The Balaban J connectivity index is 1.12. The Morgan fingerprint density at radius 3 is 2.03 bits per heavy atom. The minimum atomic E-state index is 0.335. The first-order valence-corrected chi connectivity index (χ1v) is 20.5. The fourth-order valence-corrected chi connectivity index (χ4v) is 9.99. The lowest BCUT2D eigenvalue weighted by Crippen LogP contribution is -2.01. The molecule has 4 nitrogen and oxygen atoms in total. The van der Waals surface area contributed by atoms with Crippen molar-refractivity contribution in [2.45, 2.75) is 12.3 Å². The summed E-state index contributed by atoms with van der Waals surface area (Å²) >= 11 is 1.80. The molecule has 1 unspecified atom stereocenters. The molecular weight excluding hydrogens is 727 g/mol. The van der Waals surface area contributed by atoms with Gasteiger partial charge in [-0.1, -0.05) is 146 Å². The topological polar surface area (TPSA) is 51.8 Å². The van der Waals surface area contributed by atoms with Crippen molar-refractivity contribution in [2.24, 2.45) is 0 Å². The van der Waals surface area contributed by atoms with E-state index >= 15 is 0 Å². The van der Waals surface area contributed by atoms with Gasteiger partial charge in [-0.15, -0.1) is 11.3 Å². The maximum Gasteiger partial charge on any atom is 0.164 e. The molecule has 5 heteroatoms. The summed E-state index contributed by atoms with van der Waals surface area (Å²) in [4.78, 5) is 15.9. The smallest absolute Gasteiger partial charge is 0.164 e. The number of benzene rings is 8. The Bertz CT molecular complexity index is 3520. The Morgan fingerprint density at radius 2 is 1.17 bits per heavy atom. The Morgan fingerprint density at radius 1 is 0.466 bits per heavy atom. The molecule has 8 aromatic carbocycles. The van der Waals surface area contributed by atoms with E-state index in [1.165, 1.54) is 41.9 Å². The first kappa shape index (κ1) is 33.0. The van der Waals surface area contributed by atoms with Crippen molar-refractivity contribution < 1.29 is 4.42 Å². The summed E-state index contributed by atoms with van der Waals surface area (Å²) in [5, 5.41) is 9.28. The zero-order valence-electron chi connectivity index (χ0n) is 31.3. The lowest BCUT2D eigenvalue weighted by molar-refractivity contribution is 0.669. The van der Waals surface area contributed by atoms with Crippen molar-refractivity contribution in [3.63, 3.8) is 0 Å². The van der Waals surface area contributed by atoms with E-state index in [2.05, 4.69) is 170 Å². The molecule has 0 bridgehead atoms. The van der Waals surface area contributed by atoms with Crippen LogP contribution < -0.4 is 0 Å². The predicted octanol–water partition coefficient (Wildman–Crippen LogP) is 14.7. The Kier molecular flexibility index (Phi) is 7.50. The maximum absolute atomic E-state index is 6.68. The number of fused-ring (bicyclic) bond motifs is 8. The van der Waals surface area contributed by atoms with Crippen molar-refractivity contribution in [3.05, 3.63) is 188 Å². The van der Waals surface area contributed by atoms with Crippen LogP contribution in [0.4, 0.5) is 0 Å². The van der Waals surface area contributed by atoms with E-state index in [9.17, 15) is 0 Å². The molecule has 0 N–H and O–H groups in total. The molecule has 0 aliphatic heterocycles. The largest absolute Gasteiger partial charge is 0.456 e. The standard InChI is InChI=1S/C53H33N3OS/c1-2-13-33(14-3-1)38-26-27-39(41-17-7-6-16-40(38)41)37-29-45(50-44-19-8-10-20-46(44)57-47(50)30-37)53-55-51(35-23-22-32-12-4-5-15-34(32)28-35)54-52(56-53)36-24-25-43-42-18-9-11-21-48(42)58-49(43)31-36/h1-13,15-31,33H,14H2. The molecule has 0 fully saturated rings. The van der Waals surface area contributed by atoms with Gasteiger partial charge in [0.25, 0.3) is 0 Å². The number of thiophene rings is 1. The van der Waals surface area contributed by atoms with Crippen LogP contribution in [0.2, 0.25) is 0 Å². The molecule has 0 amide bonds. The molecule has 11 aromatic rings. The molecule has 3 aromatic heterocycles. The van der Waals surface area contributed by atoms with Crippen LogP contribution in [0, 0.1) is 0 Å². The van der Waals surface area contributed by atoms with Gasteiger partial charge in [0.2, 0.25) is 0 Å². The van der Waals surface area contributed by atoms with Crippen molar-refractivity contribution in [2.75, 3.05) is 0 Å². The van der Waals surface area contributed by atoms with Gasteiger partial charge in [-0.3, -0.25) is 0 Å². The van der Waals surface area contributed by atoms with Crippen LogP contribution in [-0.2, 0) is 0 Å². The van der Waals surface area contributed by atoms with E-state index in [-0.39, 0.29) is 0 Å². The second kappa shape index (κ2) is 13.2. The van der Waals surface area contributed by atoms with Crippen molar-refractivity contribution in [1.29, 1.82) is 0 Å². The number of para-hydroxylation sites is 1. The van der Waals surface area contributed by atoms with Crippen LogP contribution >= 0.6 is 11.3 Å². The third-order valence-electron chi connectivity index (χ3n) is 11.6. The van der Waals surface area contributed by atoms with Crippen LogP contribution in [0.15, 0.2) is 186 Å². The molecule has 12 rings (SSSR count). The molecule has 0 saturated carbocycles. The monoisotopic (exact) mass is 759 g/mol. The van der Waals surface area contributed by atoms with Gasteiger partial charge in [-0.05, 0) is 81.1 Å². The number of nitrogens with zero attached hydrogens (tertiary/aromatic N) is 3. The minimum Gasteiger partial charge on any atom is -0.456 e. The van der Waals surface area contributed by atoms with Gasteiger partial charge in [-0.2, -0.15) is 0 Å². The predicted molar refractivity (Wildman–Crippen MR) is 242 cm³/mol. The molecule has 0 saturated heterocycles. The van der Waals surface area contributed by atoms with E-state index < -0.39 is 0 Å². The summed E-state index contributed by atoms with van der Waals surface area (Å²) in [6, 6.07) is 56.1. The third kappa shape index (κ3) is 5.39. The minimum absolute atomic E-state index is 0.335. The molecule has 1 atom stereocenters. The van der Waals surface area contributed by atoms with Gasteiger partial charge in [0, 0.05) is 53.6 Å². The first-order chi connectivity index (χ1) is 28.7. The van der Waals surface area contributed by atoms with Crippen LogP contribution in [0.3, 0.4) is 0 Å². The van der Waals surface area contributed by atoms with Crippen LogP contribution in [0.1, 0.15) is 17.9 Å². The van der Waals surface area contributed by atoms with Gasteiger partial charge in [0.05, 0.1) is 0 Å². The molecule has 1 aliphatic rings. The van der Waals surface area contributed by atoms with Gasteiger partial charge in [-0.25, -0.2) is 15.0 Å². The number of hydrogen-bond donors (Lipinski definition) is 0. The molecule has 3 heterocycles. The van der Waals surface area contributed by atoms with Crippen LogP contribution in [0.5, 0.6) is 0 Å². The fourth-order valence-electron chi connectivity index (χ4n) is 8.84. The van der Waals surface area contributed by atoms with E-state index in [4.69, 9.17) is 19.4 Å². The van der Waals surface area contributed by atoms with Crippen LogP contribution in [0.25, 0.3) is 109 Å². The molecule has 272 valence electrons. The normalized spacial score (nSPS) is 14.2. The van der Waals surface area contributed by atoms with E-state index in [0.717, 1.165) is 61.6 Å². The van der Waals surface area contributed by atoms with Crippen LogP contribution in [-0.4, -0.2) is 15.0 Å². The highest BCUT2D eigenvalue weighted by atomic mass is 32.1. The summed E-state index contributed by atoms with van der Waals surface area (Å²) in [5.41, 5.74) is 7.92. The molecule has 1 aliphatic carbocycles. The second-order valence-electron chi connectivity index (χ2n) is 15.1. The van der Waals surface area contributed by atoms with Gasteiger partial charge >= 0.3 is 0 Å². The van der Waals surface area contributed by atoms with Crippen molar-refractivity contribution >= 4 is 75.0 Å². The lowest BCUT2D eigenvalue weighted by Gasteiger charge is -2.18. The molecule has 0 spiro atoms. The van der Waals surface area contributed by atoms with Gasteiger partial charge in [0.1, 0.15) is 11.2 Å². The number of allylic oxidation sites excluding steroid dienone is 4. The summed E-state index contributed by atoms with van der Waals surface area (Å²) in [6.45, 7) is 0. The zero-order chi connectivity index (χ0) is 38.2.